The van der Waals surface area contributed by atoms with E-state index in [0.29, 0.717) is 23.2 Å². The Hall–Kier alpha value is -0.910. The van der Waals surface area contributed by atoms with Gasteiger partial charge < -0.3 is 9.63 Å². The Balaban J connectivity index is 1.75. The van der Waals surface area contributed by atoms with Crippen LogP contribution in [0.15, 0.2) is 27.2 Å². The lowest BCUT2D eigenvalue weighted by Crippen LogP contribution is -2.26. The maximum Gasteiger partial charge on any atom is 0.227 e. The van der Waals surface area contributed by atoms with Crippen LogP contribution in [0.2, 0.25) is 5.02 Å². The van der Waals surface area contributed by atoms with Crippen LogP contribution in [0.25, 0.3) is 11.4 Å². The molecule has 0 aliphatic heterocycles. The van der Waals surface area contributed by atoms with Crippen molar-refractivity contribution in [1.82, 2.24) is 10.1 Å². The van der Waals surface area contributed by atoms with Gasteiger partial charge in [0.15, 0.2) is 0 Å². The maximum atomic E-state index is 10.0. The Bertz CT molecular complexity index is 632. The van der Waals surface area contributed by atoms with Crippen LogP contribution in [0.1, 0.15) is 31.6 Å². The highest BCUT2D eigenvalue weighted by Gasteiger charge is 2.25. The van der Waals surface area contributed by atoms with Gasteiger partial charge in [0.2, 0.25) is 11.7 Å². The highest BCUT2D eigenvalue weighted by molar-refractivity contribution is 9.10. The van der Waals surface area contributed by atoms with E-state index in [9.17, 15) is 5.11 Å². The first kappa shape index (κ1) is 15.0. The number of rotatable bonds is 3. The van der Waals surface area contributed by atoms with E-state index < -0.39 is 0 Å². The topological polar surface area (TPSA) is 59.2 Å². The second-order valence-electron chi connectivity index (χ2n) is 5.46. The fraction of sp³-hybridized carbons (Fsp3) is 0.467. The van der Waals surface area contributed by atoms with Crippen molar-refractivity contribution in [2.45, 2.75) is 38.2 Å². The molecule has 0 saturated heterocycles. The van der Waals surface area contributed by atoms with Crippen molar-refractivity contribution in [3.8, 4) is 11.4 Å². The Morgan fingerprint density at radius 2 is 2.14 bits per heavy atom. The number of hydrogen-bond acceptors (Lipinski definition) is 4. The van der Waals surface area contributed by atoms with E-state index in [1.165, 1.54) is 0 Å². The van der Waals surface area contributed by atoms with Gasteiger partial charge in [0.25, 0.3) is 0 Å². The average Bonchev–Trinajstić information content (AvgIpc) is 2.93. The predicted molar refractivity (Wildman–Crippen MR) is 84.1 cm³/mol. The molecule has 0 spiro atoms. The zero-order chi connectivity index (χ0) is 14.8. The number of aromatic nitrogens is 2. The monoisotopic (exact) mass is 370 g/mol. The normalized spacial score (nSPS) is 22.4. The van der Waals surface area contributed by atoms with E-state index in [1.54, 1.807) is 6.07 Å². The van der Waals surface area contributed by atoms with E-state index >= 15 is 0 Å². The molecule has 4 nitrogen and oxygen atoms in total. The van der Waals surface area contributed by atoms with Crippen molar-refractivity contribution < 1.29 is 9.63 Å². The molecule has 0 bridgehead atoms. The molecule has 1 aromatic carbocycles. The molecule has 2 unspecified atom stereocenters. The number of aliphatic hydroxyl groups excluding tert-OH is 1. The van der Waals surface area contributed by atoms with Crippen molar-refractivity contribution in [2.24, 2.45) is 5.92 Å². The van der Waals surface area contributed by atoms with E-state index in [0.717, 1.165) is 35.7 Å². The minimum Gasteiger partial charge on any atom is -0.393 e. The Morgan fingerprint density at radius 3 is 2.90 bits per heavy atom. The van der Waals surface area contributed by atoms with E-state index in [1.807, 2.05) is 12.1 Å². The molecule has 1 aliphatic rings. The first-order chi connectivity index (χ1) is 10.1. The summed E-state index contributed by atoms with van der Waals surface area (Å²) >= 11 is 9.37. The highest BCUT2D eigenvalue weighted by atomic mass is 79.9. The summed E-state index contributed by atoms with van der Waals surface area (Å²) in [5.41, 5.74) is 0.852. The average molecular weight is 372 g/mol. The summed E-state index contributed by atoms with van der Waals surface area (Å²) in [5.74, 6) is 1.36. The van der Waals surface area contributed by atoms with Gasteiger partial charge >= 0.3 is 0 Å². The van der Waals surface area contributed by atoms with Gasteiger partial charge in [-0.2, -0.15) is 4.98 Å². The third kappa shape index (κ3) is 3.47. The molecular weight excluding hydrogens is 356 g/mol. The summed E-state index contributed by atoms with van der Waals surface area (Å²) in [6.45, 7) is 0. The van der Waals surface area contributed by atoms with Gasteiger partial charge in [-0.05, 0) is 52.9 Å². The van der Waals surface area contributed by atoms with Crippen LogP contribution in [0.4, 0.5) is 0 Å². The largest absolute Gasteiger partial charge is 0.393 e. The molecule has 112 valence electrons. The third-order valence-electron chi connectivity index (χ3n) is 3.95. The molecule has 1 N–H and O–H groups in total. The van der Waals surface area contributed by atoms with Crippen molar-refractivity contribution in [1.29, 1.82) is 0 Å². The zero-order valence-corrected chi connectivity index (χ0v) is 13.8. The lowest BCUT2D eigenvalue weighted by Gasteiger charge is -2.26. The summed E-state index contributed by atoms with van der Waals surface area (Å²) in [5, 5.41) is 14.7. The van der Waals surface area contributed by atoms with Crippen molar-refractivity contribution in [2.75, 3.05) is 0 Å². The predicted octanol–water partition coefficient (Wildman–Crippen LogP) is 4.25. The molecule has 1 aromatic heterocycles. The van der Waals surface area contributed by atoms with Crippen LogP contribution in [0.3, 0.4) is 0 Å². The van der Waals surface area contributed by atoms with Crippen LogP contribution >= 0.6 is 27.5 Å². The molecule has 21 heavy (non-hydrogen) atoms. The van der Waals surface area contributed by atoms with Gasteiger partial charge in [-0.3, -0.25) is 0 Å². The summed E-state index contributed by atoms with van der Waals surface area (Å²) in [6.07, 6.45) is 4.54. The Morgan fingerprint density at radius 1 is 1.33 bits per heavy atom. The van der Waals surface area contributed by atoms with E-state index in [4.69, 9.17) is 16.1 Å². The van der Waals surface area contributed by atoms with Crippen molar-refractivity contribution in [3.63, 3.8) is 0 Å². The first-order valence-corrected chi connectivity index (χ1v) is 8.26. The third-order valence-corrected chi connectivity index (χ3v) is 5.17. The smallest absolute Gasteiger partial charge is 0.227 e. The fourth-order valence-corrected chi connectivity index (χ4v) is 3.24. The van der Waals surface area contributed by atoms with Gasteiger partial charge in [-0.25, -0.2) is 0 Å². The molecule has 2 atom stereocenters. The van der Waals surface area contributed by atoms with Crippen molar-refractivity contribution >= 4 is 27.5 Å². The quantitative estimate of drug-likeness (QED) is 0.876. The van der Waals surface area contributed by atoms with Crippen LogP contribution in [0.5, 0.6) is 0 Å². The molecule has 0 amide bonds. The van der Waals surface area contributed by atoms with Crippen LogP contribution in [-0.4, -0.2) is 21.4 Å². The van der Waals surface area contributed by atoms with Gasteiger partial charge in [0, 0.05) is 16.5 Å². The molecule has 6 heteroatoms. The molecule has 1 fully saturated rings. The van der Waals surface area contributed by atoms with Crippen LogP contribution in [-0.2, 0) is 6.42 Å². The maximum absolute atomic E-state index is 10.0. The molecule has 2 aromatic rings. The molecule has 1 saturated carbocycles. The van der Waals surface area contributed by atoms with Crippen molar-refractivity contribution in [3.05, 3.63) is 33.6 Å². The van der Waals surface area contributed by atoms with E-state index in [-0.39, 0.29) is 12.0 Å². The minimum atomic E-state index is -0.251. The highest BCUT2D eigenvalue weighted by Crippen LogP contribution is 2.29. The second-order valence-corrected chi connectivity index (χ2v) is 6.72. The second kappa shape index (κ2) is 6.46. The zero-order valence-electron chi connectivity index (χ0n) is 11.4. The lowest BCUT2D eigenvalue weighted by molar-refractivity contribution is 0.0657. The number of aliphatic hydroxyl groups is 1. The molecule has 1 aliphatic carbocycles. The molecule has 1 heterocycles. The molecule has 3 rings (SSSR count). The molecular formula is C15H16BrClN2O2. The number of benzene rings is 1. The molecule has 0 radical (unpaired) electrons. The number of hydrogen-bond donors (Lipinski definition) is 1. The fourth-order valence-electron chi connectivity index (χ4n) is 2.74. The van der Waals surface area contributed by atoms with Gasteiger partial charge in [-0.15, -0.1) is 0 Å². The summed E-state index contributed by atoms with van der Waals surface area (Å²) in [6, 6.07) is 5.52. The van der Waals surface area contributed by atoms with E-state index in [2.05, 4.69) is 26.1 Å². The number of nitrogens with zero attached hydrogens (tertiary/aromatic N) is 2. The Kier molecular flexibility index (Phi) is 4.62. The van der Waals surface area contributed by atoms with Gasteiger partial charge in [0.05, 0.1) is 11.1 Å². The first-order valence-electron chi connectivity index (χ1n) is 7.09. The summed E-state index contributed by atoms with van der Waals surface area (Å²) in [4.78, 5) is 4.43. The van der Waals surface area contributed by atoms with Crippen LogP contribution < -0.4 is 0 Å². The number of halogens is 2. The van der Waals surface area contributed by atoms with Gasteiger partial charge in [0.1, 0.15) is 0 Å². The lowest BCUT2D eigenvalue weighted by atomic mass is 9.84. The SMILES string of the molecule is OC1CCCCC1Cc1nc(-c2ccc(Cl)c(Br)c2)no1. The minimum absolute atomic E-state index is 0.226. The summed E-state index contributed by atoms with van der Waals surface area (Å²) < 4.78 is 6.12. The summed E-state index contributed by atoms with van der Waals surface area (Å²) in [7, 11) is 0. The standard InChI is InChI=1S/C15H16BrClN2O2/c16-11-7-10(5-6-12(11)17)15-18-14(21-19-15)8-9-3-1-2-4-13(9)20/h5-7,9,13,20H,1-4,8H2. The van der Waals surface area contributed by atoms with Gasteiger partial charge in [-0.1, -0.05) is 29.6 Å². The van der Waals surface area contributed by atoms with Crippen LogP contribution in [0, 0.1) is 5.92 Å². The Labute approximate surface area is 136 Å².